The predicted molar refractivity (Wildman–Crippen MR) is 72.2 cm³/mol. The van der Waals surface area contributed by atoms with E-state index in [0.717, 1.165) is 9.35 Å². The largest absolute Gasteiger partial charge is 0.383 e. The van der Waals surface area contributed by atoms with Crippen LogP contribution in [-0.4, -0.2) is 5.11 Å². The van der Waals surface area contributed by atoms with E-state index in [4.69, 9.17) is 11.6 Å². The molecular weight excluding hydrogens is 327 g/mol. The lowest BCUT2D eigenvalue weighted by Crippen LogP contribution is -1.98. The number of aliphatic hydroxyl groups is 1. The smallest absolute Gasteiger partial charge is 0.126 e. The van der Waals surface area contributed by atoms with Crippen molar-refractivity contribution in [1.29, 1.82) is 0 Å². The molecule has 1 aromatic heterocycles. The topological polar surface area (TPSA) is 20.2 Å². The fourth-order valence-electron chi connectivity index (χ4n) is 1.50. The average Bonchev–Trinajstić information content (AvgIpc) is 2.62. The molecule has 0 aliphatic rings. The van der Waals surface area contributed by atoms with Gasteiger partial charge in [0.1, 0.15) is 16.3 Å². The first-order chi connectivity index (χ1) is 7.99. The Kier molecular flexibility index (Phi) is 3.88. The van der Waals surface area contributed by atoms with E-state index in [1.807, 2.05) is 0 Å². The van der Waals surface area contributed by atoms with Crippen molar-refractivity contribution in [2.75, 3.05) is 0 Å². The summed E-state index contributed by atoms with van der Waals surface area (Å²) in [7, 11) is 0. The van der Waals surface area contributed by atoms with E-state index in [2.05, 4.69) is 15.9 Å². The van der Waals surface area contributed by atoms with Crippen LogP contribution in [0.4, 0.5) is 4.39 Å². The first-order valence-electron chi connectivity index (χ1n) is 4.88. The van der Waals surface area contributed by atoms with Crippen LogP contribution >= 0.6 is 38.9 Å². The lowest BCUT2D eigenvalue weighted by molar-refractivity contribution is 0.224. The molecule has 0 aliphatic heterocycles. The van der Waals surface area contributed by atoms with E-state index in [9.17, 15) is 9.50 Å². The SMILES string of the molecule is Cc1cc(C(O)c2cc(Br)c(Cl)s2)ccc1F. The summed E-state index contributed by atoms with van der Waals surface area (Å²) in [5.74, 6) is -0.272. The molecule has 90 valence electrons. The summed E-state index contributed by atoms with van der Waals surface area (Å²) in [6.45, 7) is 1.67. The van der Waals surface area contributed by atoms with Crippen LogP contribution in [0, 0.1) is 12.7 Å². The van der Waals surface area contributed by atoms with Crippen molar-refractivity contribution in [2.24, 2.45) is 0 Å². The maximum absolute atomic E-state index is 13.1. The second-order valence-corrected chi connectivity index (χ2v) is 6.22. The van der Waals surface area contributed by atoms with E-state index in [1.165, 1.54) is 17.4 Å². The van der Waals surface area contributed by atoms with Crippen LogP contribution in [0.2, 0.25) is 4.34 Å². The molecule has 0 saturated heterocycles. The molecule has 0 amide bonds. The van der Waals surface area contributed by atoms with Gasteiger partial charge in [0, 0.05) is 9.35 Å². The Labute approximate surface area is 116 Å². The van der Waals surface area contributed by atoms with Gasteiger partial charge < -0.3 is 5.11 Å². The Balaban J connectivity index is 2.36. The number of aryl methyl sites for hydroxylation is 1. The highest BCUT2D eigenvalue weighted by molar-refractivity contribution is 9.10. The van der Waals surface area contributed by atoms with Crippen molar-refractivity contribution in [1.82, 2.24) is 0 Å². The predicted octanol–water partition coefficient (Wildman–Crippen LogP) is 4.69. The highest BCUT2D eigenvalue weighted by Gasteiger charge is 2.16. The van der Waals surface area contributed by atoms with Gasteiger partial charge in [-0.25, -0.2) is 4.39 Å². The fourth-order valence-corrected chi connectivity index (χ4v) is 3.25. The molecular formula is C12H9BrClFOS. The molecule has 17 heavy (non-hydrogen) atoms. The molecule has 1 unspecified atom stereocenters. The van der Waals surface area contributed by atoms with Gasteiger partial charge in [0.15, 0.2) is 0 Å². The van der Waals surface area contributed by atoms with Crippen molar-refractivity contribution >= 4 is 38.9 Å². The molecule has 2 rings (SSSR count). The van der Waals surface area contributed by atoms with Crippen molar-refractivity contribution in [3.63, 3.8) is 0 Å². The zero-order chi connectivity index (χ0) is 12.6. The third-order valence-electron chi connectivity index (χ3n) is 2.43. The third-order valence-corrected chi connectivity index (χ3v) is 4.96. The standard InChI is InChI=1S/C12H9BrClFOS/c1-6-4-7(2-3-9(6)15)11(16)10-5-8(13)12(14)17-10/h2-5,11,16H,1H3. The number of hydrogen-bond acceptors (Lipinski definition) is 2. The number of rotatable bonds is 2. The quantitative estimate of drug-likeness (QED) is 0.844. The van der Waals surface area contributed by atoms with E-state index >= 15 is 0 Å². The molecule has 0 saturated carbocycles. The minimum Gasteiger partial charge on any atom is -0.383 e. The second-order valence-electron chi connectivity index (χ2n) is 3.68. The lowest BCUT2D eigenvalue weighted by atomic mass is 10.1. The van der Waals surface area contributed by atoms with Crippen LogP contribution in [0.3, 0.4) is 0 Å². The molecule has 0 aliphatic carbocycles. The summed E-state index contributed by atoms with van der Waals surface area (Å²) in [6.07, 6.45) is -0.775. The van der Waals surface area contributed by atoms with Gasteiger partial charge in [-0.1, -0.05) is 23.7 Å². The maximum atomic E-state index is 13.1. The number of halogens is 3. The second kappa shape index (κ2) is 5.06. The molecule has 1 heterocycles. The van der Waals surface area contributed by atoms with Gasteiger partial charge in [-0.2, -0.15) is 0 Å². The molecule has 0 spiro atoms. The van der Waals surface area contributed by atoms with Gasteiger partial charge in [0.05, 0.1) is 0 Å². The molecule has 0 radical (unpaired) electrons. The van der Waals surface area contributed by atoms with E-state index in [1.54, 1.807) is 25.1 Å². The van der Waals surface area contributed by atoms with Crippen molar-refractivity contribution in [3.8, 4) is 0 Å². The molecule has 1 atom stereocenters. The Bertz CT molecular complexity index is 536. The Morgan fingerprint density at radius 3 is 2.65 bits per heavy atom. The van der Waals surface area contributed by atoms with Gasteiger partial charge in [-0.05, 0) is 46.1 Å². The fraction of sp³-hybridized carbons (Fsp3) is 0.167. The molecule has 1 nitrogen and oxygen atoms in total. The summed E-state index contributed by atoms with van der Waals surface area (Å²) < 4.78 is 14.5. The zero-order valence-corrected chi connectivity index (χ0v) is 12.0. The van der Waals surface area contributed by atoms with Crippen LogP contribution in [0.5, 0.6) is 0 Å². The van der Waals surface area contributed by atoms with Gasteiger partial charge in [-0.15, -0.1) is 11.3 Å². The number of benzene rings is 1. The minimum atomic E-state index is -0.775. The highest BCUT2D eigenvalue weighted by atomic mass is 79.9. The number of hydrogen-bond donors (Lipinski definition) is 1. The van der Waals surface area contributed by atoms with Crippen LogP contribution in [-0.2, 0) is 0 Å². The molecule has 1 N–H and O–H groups in total. The van der Waals surface area contributed by atoms with Crippen LogP contribution in [0.25, 0.3) is 0 Å². The summed E-state index contributed by atoms with van der Waals surface area (Å²) in [4.78, 5) is 0.730. The van der Waals surface area contributed by atoms with E-state index in [-0.39, 0.29) is 5.82 Å². The Hall–Kier alpha value is -0.420. The van der Waals surface area contributed by atoms with E-state index < -0.39 is 6.10 Å². The first-order valence-corrected chi connectivity index (χ1v) is 6.86. The molecule has 5 heteroatoms. The van der Waals surface area contributed by atoms with Gasteiger partial charge in [0.25, 0.3) is 0 Å². The summed E-state index contributed by atoms with van der Waals surface area (Å²) >= 11 is 10.5. The normalized spacial score (nSPS) is 12.8. The molecule has 1 aromatic carbocycles. The zero-order valence-electron chi connectivity index (χ0n) is 8.88. The van der Waals surface area contributed by atoms with Crippen LogP contribution in [0.15, 0.2) is 28.7 Å². The van der Waals surface area contributed by atoms with E-state index in [0.29, 0.717) is 15.5 Å². The van der Waals surface area contributed by atoms with Gasteiger partial charge >= 0.3 is 0 Å². The van der Waals surface area contributed by atoms with Crippen molar-refractivity contribution < 1.29 is 9.50 Å². The van der Waals surface area contributed by atoms with Crippen molar-refractivity contribution in [2.45, 2.75) is 13.0 Å². The summed E-state index contributed by atoms with van der Waals surface area (Å²) in [5.41, 5.74) is 1.18. The molecule has 2 aromatic rings. The highest BCUT2D eigenvalue weighted by Crippen LogP contribution is 2.37. The van der Waals surface area contributed by atoms with Crippen molar-refractivity contribution in [3.05, 3.63) is 54.9 Å². The van der Waals surface area contributed by atoms with Gasteiger partial charge in [0.2, 0.25) is 0 Å². The average molecular weight is 336 g/mol. The first kappa shape index (κ1) is 13.0. The number of aliphatic hydroxyl groups excluding tert-OH is 1. The monoisotopic (exact) mass is 334 g/mol. The van der Waals surface area contributed by atoms with Crippen LogP contribution in [0.1, 0.15) is 22.1 Å². The molecule has 0 bridgehead atoms. The Morgan fingerprint density at radius 1 is 1.41 bits per heavy atom. The summed E-state index contributed by atoms with van der Waals surface area (Å²) in [5, 5.41) is 10.2. The Morgan fingerprint density at radius 2 is 2.12 bits per heavy atom. The van der Waals surface area contributed by atoms with Gasteiger partial charge in [-0.3, -0.25) is 0 Å². The van der Waals surface area contributed by atoms with Crippen LogP contribution < -0.4 is 0 Å². The molecule has 0 fully saturated rings. The minimum absolute atomic E-state index is 0.272. The number of thiophene rings is 1. The third kappa shape index (κ3) is 2.71. The lowest BCUT2D eigenvalue weighted by Gasteiger charge is -2.09. The summed E-state index contributed by atoms with van der Waals surface area (Å²) in [6, 6.07) is 6.35. The maximum Gasteiger partial charge on any atom is 0.126 e.